The van der Waals surface area contributed by atoms with Gasteiger partial charge in [0.1, 0.15) is 11.6 Å². The highest BCUT2D eigenvalue weighted by Gasteiger charge is 2.24. The summed E-state index contributed by atoms with van der Waals surface area (Å²) >= 11 is 0. The summed E-state index contributed by atoms with van der Waals surface area (Å²) in [6.07, 6.45) is 2.20. The monoisotopic (exact) mass is 354 g/mol. The van der Waals surface area contributed by atoms with E-state index in [1.54, 1.807) is 7.11 Å². The van der Waals surface area contributed by atoms with Gasteiger partial charge in [-0.25, -0.2) is 9.97 Å². The maximum Gasteiger partial charge on any atom is 0.136 e. The molecule has 2 heterocycles. The number of nitrogens with one attached hydrogen (secondary N) is 1. The van der Waals surface area contributed by atoms with Crippen LogP contribution in [0.2, 0.25) is 0 Å². The third-order valence-corrected chi connectivity index (χ3v) is 4.69. The summed E-state index contributed by atoms with van der Waals surface area (Å²) in [5, 5.41) is 3.64. The zero-order chi connectivity index (χ0) is 18.6. The van der Waals surface area contributed by atoms with Crippen LogP contribution >= 0.6 is 0 Å². The van der Waals surface area contributed by atoms with Crippen LogP contribution in [0.4, 0.5) is 11.5 Å². The van der Waals surface area contributed by atoms with Crippen molar-refractivity contribution < 1.29 is 4.74 Å². The molecule has 0 saturated carbocycles. The van der Waals surface area contributed by atoms with Crippen LogP contribution in [0.3, 0.4) is 0 Å². The molecule has 140 valence electrons. The molecule has 0 amide bonds. The zero-order valence-electron chi connectivity index (χ0n) is 16.3. The molecular formula is C21H30N4O. The highest BCUT2D eigenvalue weighted by molar-refractivity contribution is 5.45. The molecule has 1 fully saturated rings. The minimum Gasteiger partial charge on any atom is -0.382 e. The van der Waals surface area contributed by atoms with Crippen LogP contribution in [0.1, 0.15) is 45.1 Å². The second-order valence-electron chi connectivity index (χ2n) is 8.00. The van der Waals surface area contributed by atoms with Crippen molar-refractivity contribution in [2.45, 2.75) is 51.7 Å². The van der Waals surface area contributed by atoms with Crippen LogP contribution in [0.15, 0.2) is 36.4 Å². The van der Waals surface area contributed by atoms with E-state index in [9.17, 15) is 0 Å². The van der Waals surface area contributed by atoms with Gasteiger partial charge in [0.05, 0.1) is 12.3 Å². The van der Waals surface area contributed by atoms with Gasteiger partial charge in [0.15, 0.2) is 0 Å². The van der Waals surface area contributed by atoms with Crippen molar-refractivity contribution in [2.75, 3.05) is 30.4 Å². The van der Waals surface area contributed by atoms with Crippen molar-refractivity contribution in [3.05, 3.63) is 47.9 Å². The van der Waals surface area contributed by atoms with Gasteiger partial charge in [0.2, 0.25) is 0 Å². The molecule has 1 aliphatic rings. The number of benzene rings is 1. The van der Waals surface area contributed by atoms with Crippen LogP contribution in [-0.2, 0) is 16.8 Å². The third kappa shape index (κ3) is 4.73. The minimum absolute atomic E-state index is 0.0777. The fraction of sp³-hybridized carbons (Fsp3) is 0.524. The topological polar surface area (TPSA) is 50.3 Å². The van der Waals surface area contributed by atoms with Gasteiger partial charge < -0.3 is 15.0 Å². The van der Waals surface area contributed by atoms with Gasteiger partial charge in [0.25, 0.3) is 0 Å². The molecule has 0 spiro atoms. The van der Waals surface area contributed by atoms with Gasteiger partial charge in [-0.1, -0.05) is 39.0 Å². The fourth-order valence-electron chi connectivity index (χ4n) is 3.23. The highest BCUT2D eigenvalue weighted by Crippen LogP contribution is 2.25. The van der Waals surface area contributed by atoms with Gasteiger partial charge >= 0.3 is 0 Å². The first-order valence-electron chi connectivity index (χ1n) is 9.39. The predicted molar refractivity (Wildman–Crippen MR) is 107 cm³/mol. The molecule has 5 heteroatoms. The highest BCUT2D eigenvalue weighted by atomic mass is 16.5. The maximum absolute atomic E-state index is 5.30. The lowest BCUT2D eigenvalue weighted by Crippen LogP contribution is -2.40. The number of aromatic nitrogens is 2. The van der Waals surface area contributed by atoms with E-state index < -0.39 is 0 Å². The van der Waals surface area contributed by atoms with E-state index in [2.05, 4.69) is 66.3 Å². The van der Waals surface area contributed by atoms with Crippen LogP contribution < -0.4 is 10.2 Å². The summed E-state index contributed by atoms with van der Waals surface area (Å²) in [5.74, 6) is 1.90. The zero-order valence-corrected chi connectivity index (χ0v) is 16.3. The lowest BCUT2D eigenvalue weighted by Gasteiger charge is -2.34. The van der Waals surface area contributed by atoms with E-state index >= 15 is 0 Å². The SMILES string of the molecule is COCc1cc(N2CCC(Nc3ccccc3)CC2)nc(C(C)(C)C)n1. The van der Waals surface area contributed by atoms with Crippen LogP contribution in [0.5, 0.6) is 0 Å². The molecule has 0 unspecified atom stereocenters. The van der Waals surface area contributed by atoms with Crippen molar-refractivity contribution in [1.29, 1.82) is 0 Å². The van der Waals surface area contributed by atoms with Crippen molar-refractivity contribution in [2.24, 2.45) is 0 Å². The average Bonchev–Trinajstić information content (AvgIpc) is 2.62. The van der Waals surface area contributed by atoms with Crippen molar-refractivity contribution in [3.63, 3.8) is 0 Å². The van der Waals surface area contributed by atoms with Crippen molar-refractivity contribution >= 4 is 11.5 Å². The second-order valence-corrected chi connectivity index (χ2v) is 8.00. The van der Waals surface area contributed by atoms with E-state index in [4.69, 9.17) is 9.72 Å². The smallest absolute Gasteiger partial charge is 0.136 e. The summed E-state index contributed by atoms with van der Waals surface area (Å²) in [6.45, 7) is 8.97. The van der Waals surface area contributed by atoms with E-state index in [-0.39, 0.29) is 5.41 Å². The molecule has 0 aliphatic carbocycles. The van der Waals surface area contributed by atoms with Gasteiger partial charge in [-0.3, -0.25) is 0 Å². The first-order chi connectivity index (χ1) is 12.5. The number of methoxy groups -OCH3 is 1. The quantitative estimate of drug-likeness (QED) is 0.879. The predicted octanol–water partition coefficient (Wildman–Crippen LogP) is 4.00. The largest absolute Gasteiger partial charge is 0.382 e. The van der Waals surface area contributed by atoms with E-state index in [0.29, 0.717) is 12.6 Å². The Balaban J connectivity index is 1.69. The Morgan fingerprint density at radius 1 is 1.12 bits per heavy atom. The van der Waals surface area contributed by atoms with Gasteiger partial charge in [-0.15, -0.1) is 0 Å². The normalized spacial score (nSPS) is 15.9. The first kappa shape index (κ1) is 18.6. The number of nitrogens with zero attached hydrogens (tertiary/aromatic N) is 3. The van der Waals surface area contributed by atoms with Crippen LogP contribution in [0, 0.1) is 0 Å². The Morgan fingerprint density at radius 2 is 1.81 bits per heavy atom. The number of para-hydroxylation sites is 1. The molecule has 0 atom stereocenters. The van der Waals surface area contributed by atoms with Crippen molar-refractivity contribution in [1.82, 2.24) is 9.97 Å². The summed E-state index contributed by atoms with van der Waals surface area (Å²) in [5.41, 5.74) is 2.07. The minimum atomic E-state index is -0.0777. The number of rotatable bonds is 5. The molecule has 1 aromatic carbocycles. The Morgan fingerprint density at radius 3 is 2.42 bits per heavy atom. The van der Waals surface area contributed by atoms with Crippen LogP contribution in [0.25, 0.3) is 0 Å². The molecule has 1 saturated heterocycles. The van der Waals surface area contributed by atoms with E-state index in [1.807, 2.05) is 6.07 Å². The van der Waals surface area contributed by atoms with E-state index in [1.165, 1.54) is 5.69 Å². The Hall–Kier alpha value is -2.14. The summed E-state index contributed by atoms with van der Waals surface area (Å²) in [4.78, 5) is 11.9. The second kappa shape index (κ2) is 8.04. The number of hydrogen-bond acceptors (Lipinski definition) is 5. The Labute approximate surface area is 156 Å². The van der Waals surface area contributed by atoms with Gasteiger partial charge in [0, 0.05) is 43.4 Å². The molecule has 1 aromatic heterocycles. The van der Waals surface area contributed by atoms with Crippen molar-refractivity contribution in [3.8, 4) is 0 Å². The van der Waals surface area contributed by atoms with Crippen LogP contribution in [-0.4, -0.2) is 36.2 Å². The molecule has 3 rings (SSSR count). The number of piperidine rings is 1. The number of ether oxygens (including phenoxy) is 1. The summed E-state index contributed by atoms with van der Waals surface area (Å²) < 4.78 is 5.30. The van der Waals surface area contributed by atoms with E-state index in [0.717, 1.165) is 43.3 Å². The molecule has 26 heavy (non-hydrogen) atoms. The molecular weight excluding hydrogens is 324 g/mol. The summed E-state index contributed by atoms with van der Waals surface area (Å²) in [6, 6.07) is 13.0. The Bertz CT molecular complexity index is 704. The standard InChI is InChI=1S/C21H30N4O/c1-21(2,3)20-23-18(15-26-4)14-19(24-20)25-12-10-17(11-13-25)22-16-8-6-5-7-9-16/h5-9,14,17,22H,10-13,15H2,1-4H3. The Kier molecular flexibility index (Phi) is 5.77. The number of hydrogen-bond donors (Lipinski definition) is 1. The molecule has 2 aromatic rings. The fourth-order valence-corrected chi connectivity index (χ4v) is 3.23. The summed E-state index contributed by atoms with van der Waals surface area (Å²) in [7, 11) is 1.71. The van der Waals surface area contributed by atoms with Gasteiger partial charge in [-0.05, 0) is 25.0 Å². The molecule has 5 nitrogen and oxygen atoms in total. The third-order valence-electron chi connectivity index (χ3n) is 4.69. The maximum atomic E-state index is 5.30. The lowest BCUT2D eigenvalue weighted by molar-refractivity contribution is 0.181. The molecule has 0 radical (unpaired) electrons. The molecule has 1 aliphatic heterocycles. The molecule has 1 N–H and O–H groups in total. The van der Waals surface area contributed by atoms with Gasteiger partial charge in [-0.2, -0.15) is 0 Å². The molecule has 0 bridgehead atoms. The number of anilines is 2. The lowest BCUT2D eigenvalue weighted by atomic mass is 9.95. The first-order valence-corrected chi connectivity index (χ1v) is 9.39. The average molecular weight is 354 g/mol.